The first-order valence-corrected chi connectivity index (χ1v) is 3.97. The highest BCUT2D eigenvalue weighted by Gasteiger charge is 2.25. The second-order valence-corrected chi connectivity index (χ2v) is 3.41. The Bertz CT molecular complexity index is 140. The van der Waals surface area contributed by atoms with Crippen LogP contribution in [0.1, 0.15) is 19.3 Å². The van der Waals surface area contributed by atoms with Crippen molar-refractivity contribution in [1.29, 1.82) is 5.26 Å². The van der Waals surface area contributed by atoms with E-state index in [0.29, 0.717) is 0 Å². The smallest absolute Gasteiger partial charge is 0.0916 e. The molecule has 2 nitrogen and oxygen atoms in total. The highest BCUT2D eigenvalue weighted by molar-refractivity contribution is 4.68. The lowest BCUT2D eigenvalue weighted by Gasteiger charge is -2.27. The van der Waals surface area contributed by atoms with Gasteiger partial charge >= 0.3 is 0 Å². The van der Waals surface area contributed by atoms with Crippen molar-refractivity contribution in [3.8, 4) is 6.07 Å². The third-order valence-electron chi connectivity index (χ3n) is 2.41. The molecule has 0 radical (unpaired) electrons. The van der Waals surface area contributed by atoms with Crippen LogP contribution in [0.2, 0.25) is 0 Å². The minimum absolute atomic E-state index is 0.719. The number of hydrogen-bond acceptors (Lipinski definition) is 1. The van der Waals surface area contributed by atoms with E-state index in [0.717, 1.165) is 17.4 Å². The summed E-state index contributed by atoms with van der Waals surface area (Å²) >= 11 is 0. The molecule has 0 spiro atoms. The molecule has 2 heteroatoms. The maximum atomic E-state index is 8.38. The minimum atomic E-state index is 0.719. The number of rotatable bonds is 2. The van der Waals surface area contributed by atoms with Crippen molar-refractivity contribution in [3.63, 3.8) is 0 Å². The zero-order chi connectivity index (χ0) is 7.45. The summed E-state index contributed by atoms with van der Waals surface area (Å²) in [6.45, 7) is 3.61. The minimum Gasteiger partial charge on any atom is -0.325 e. The van der Waals surface area contributed by atoms with Crippen molar-refractivity contribution in [1.82, 2.24) is 0 Å². The van der Waals surface area contributed by atoms with E-state index in [2.05, 4.69) is 13.1 Å². The standard InChI is InChI=1S/C8H15N2/c1-10(8-4-5-9)6-2-3-7-10/h2-4,6-8H2,1H3/q+1. The predicted octanol–water partition coefficient (Wildman–Crippen LogP) is 1.14. The Balaban J connectivity index is 2.30. The van der Waals surface area contributed by atoms with Gasteiger partial charge in [0.25, 0.3) is 0 Å². The molecule has 10 heavy (non-hydrogen) atoms. The van der Waals surface area contributed by atoms with Crippen LogP contribution in [-0.2, 0) is 0 Å². The predicted molar refractivity (Wildman–Crippen MR) is 40.2 cm³/mol. The first kappa shape index (κ1) is 7.56. The van der Waals surface area contributed by atoms with Gasteiger partial charge in [-0.05, 0) is 0 Å². The summed E-state index contributed by atoms with van der Waals surface area (Å²) in [7, 11) is 2.25. The summed E-state index contributed by atoms with van der Waals surface area (Å²) in [5.41, 5.74) is 0. The molecule has 0 N–H and O–H groups in total. The summed E-state index contributed by atoms with van der Waals surface area (Å²) in [5.74, 6) is 0. The molecule has 0 atom stereocenters. The molecule has 0 amide bonds. The van der Waals surface area contributed by atoms with Crippen molar-refractivity contribution in [2.24, 2.45) is 0 Å². The number of quaternary nitrogens is 1. The van der Waals surface area contributed by atoms with Gasteiger partial charge in [-0.1, -0.05) is 0 Å². The number of nitriles is 1. The Kier molecular flexibility index (Phi) is 2.29. The van der Waals surface area contributed by atoms with Crippen LogP contribution in [0.5, 0.6) is 0 Å². The number of hydrogen-bond donors (Lipinski definition) is 0. The number of nitrogens with zero attached hydrogens (tertiary/aromatic N) is 2. The normalized spacial score (nSPS) is 22.4. The Morgan fingerprint density at radius 2 is 2.00 bits per heavy atom. The highest BCUT2D eigenvalue weighted by Crippen LogP contribution is 2.15. The molecule has 1 heterocycles. The second-order valence-electron chi connectivity index (χ2n) is 3.41. The van der Waals surface area contributed by atoms with Crippen molar-refractivity contribution in [2.75, 3.05) is 26.7 Å². The van der Waals surface area contributed by atoms with Crippen LogP contribution in [0.25, 0.3) is 0 Å². The zero-order valence-electron chi connectivity index (χ0n) is 6.64. The Hall–Kier alpha value is -0.550. The van der Waals surface area contributed by atoms with Gasteiger partial charge in [0, 0.05) is 12.8 Å². The third kappa shape index (κ3) is 1.71. The van der Waals surface area contributed by atoms with Crippen molar-refractivity contribution >= 4 is 0 Å². The molecule has 1 saturated heterocycles. The van der Waals surface area contributed by atoms with Gasteiger partial charge in [-0.25, -0.2) is 0 Å². The molecule has 0 unspecified atom stereocenters. The fraction of sp³-hybridized carbons (Fsp3) is 0.875. The van der Waals surface area contributed by atoms with Gasteiger partial charge < -0.3 is 4.48 Å². The average molecular weight is 139 g/mol. The molecule has 1 rings (SSSR count). The van der Waals surface area contributed by atoms with E-state index in [1.807, 2.05) is 0 Å². The van der Waals surface area contributed by atoms with Crippen LogP contribution in [0, 0.1) is 11.3 Å². The van der Waals surface area contributed by atoms with Crippen LogP contribution < -0.4 is 0 Å². The van der Waals surface area contributed by atoms with Gasteiger partial charge in [-0.15, -0.1) is 0 Å². The van der Waals surface area contributed by atoms with Gasteiger partial charge in [0.1, 0.15) is 0 Å². The largest absolute Gasteiger partial charge is 0.325 e. The Labute approximate surface area is 62.7 Å². The lowest BCUT2D eigenvalue weighted by molar-refractivity contribution is -0.897. The van der Waals surface area contributed by atoms with Crippen LogP contribution >= 0.6 is 0 Å². The quantitative estimate of drug-likeness (QED) is 0.526. The summed E-state index contributed by atoms with van der Waals surface area (Å²) < 4.78 is 1.13. The first-order valence-electron chi connectivity index (χ1n) is 3.97. The van der Waals surface area contributed by atoms with Crippen molar-refractivity contribution in [2.45, 2.75) is 19.3 Å². The molecule has 0 aliphatic carbocycles. The van der Waals surface area contributed by atoms with E-state index in [9.17, 15) is 0 Å². The van der Waals surface area contributed by atoms with E-state index in [4.69, 9.17) is 5.26 Å². The van der Waals surface area contributed by atoms with Gasteiger partial charge in [0.2, 0.25) is 0 Å². The number of likely N-dealkylation sites (tertiary alicyclic amines) is 1. The summed E-state index contributed by atoms with van der Waals surface area (Å²) in [4.78, 5) is 0. The van der Waals surface area contributed by atoms with E-state index >= 15 is 0 Å². The maximum Gasteiger partial charge on any atom is 0.0916 e. The molecule has 1 fully saturated rings. The molecular formula is C8H15N2+. The molecule has 0 aromatic rings. The summed E-state index contributed by atoms with van der Waals surface area (Å²) in [6.07, 6.45) is 3.42. The molecule has 1 aliphatic heterocycles. The third-order valence-corrected chi connectivity index (χ3v) is 2.41. The fourth-order valence-electron chi connectivity index (χ4n) is 1.64. The van der Waals surface area contributed by atoms with Gasteiger partial charge in [-0.2, -0.15) is 5.26 Å². The molecular weight excluding hydrogens is 124 g/mol. The van der Waals surface area contributed by atoms with Crippen LogP contribution in [0.4, 0.5) is 0 Å². The van der Waals surface area contributed by atoms with Crippen molar-refractivity contribution < 1.29 is 4.48 Å². The molecule has 0 aromatic carbocycles. The Morgan fingerprint density at radius 3 is 2.50 bits per heavy atom. The molecule has 0 saturated carbocycles. The first-order chi connectivity index (χ1) is 4.77. The lowest BCUT2D eigenvalue weighted by Crippen LogP contribution is -2.41. The van der Waals surface area contributed by atoms with Crippen LogP contribution in [-0.4, -0.2) is 31.2 Å². The molecule has 56 valence electrons. The van der Waals surface area contributed by atoms with Crippen LogP contribution in [0.15, 0.2) is 0 Å². The van der Waals surface area contributed by atoms with E-state index in [1.165, 1.54) is 25.9 Å². The SMILES string of the molecule is C[N+]1(CCC#N)CCCC1. The van der Waals surface area contributed by atoms with E-state index in [1.54, 1.807) is 0 Å². The molecule has 0 aromatic heterocycles. The maximum absolute atomic E-state index is 8.38. The fourth-order valence-corrected chi connectivity index (χ4v) is 1.64. The topological polar surface area (TPSA) is 23.8 Å². The lowest BCUT2D eigenvalue weighted by atomic mass is 10.4. The van der Waals surface area contributed by atoms with Crippen molar-refractivity contribution in [3.05, 3.63) is 0 Å². The monoisotopic (exact) mass is 139 g/mol. The van der Waals surface area contributed by atoms with Gasteiger partial charge in [0.05, 0.1) is 39.2 Å². The van der Waals surface area contributed by atoms with Gasteiger partial charge in [-0.3, -0.25) is 0 Å². The second kappa shape index (κ2) is 3.03. The summed E-state index contributed by atoms with van der Waals surface area (Å²) in [6, 6.07) is 2.20. The molecule has 1 aliphatic rings. The average Bonchev–Trinajstić information content (AvgIpc) is 2.33. The van der Waals surface area contributed by atoms with Crippen LogP contribution in [0.3, 0.4) is 0 Å². The Morgan fingerprint density at radius 1 is 1.40 bits per heavy atom. The highest BCUT2D eigenvalue weighted by atomic mass is 15.3. The summed E-state index contributed by atoms with van der Waals surface area (Å²) in [5, 5.41) is 8.38. The molecule has 0 bridgehead atoms. The van der Waals surface area contributed by atoms with E-state index in [-0.39, 0.29) is 0 Å². The van der Waals surface area contributed by atoms with E-state index < -0.39 is 0 Å². The van der Waals surface area contributed by atoms with Gasteiger partial charge in [0.15, 0.2) is 0 Å². The zero-order valence-corrected chi connectivity index (χ0v) is 6.64.